The highest BCUT2D eigenvalue weighted by atomic mass is 32.2. The Balaban J connectivity index is 1.56. The Labute approximate surface area is 258 Å². The van der Waals surface area contributed by atoms with Crippen LogP contribution in [0.1, 0.15) is 57.6 Å². The van der Waals surface area contributed by atoms with Crippen molar-refractivity contribution in [1.82, 2.24) is 9.80 Å². The molecule has 5 aliphatic heterocycles. The number of fused-ring (bicyclic) bond motifs is 9. The maximum absolute atomic E-state index is 12.8. The number of likely N-dealkylation sites (N-methyl/N-ethyl adjacent to an activating group) is 1. The fraction of sp³-hybridized carbons (Fsp3) is 0.516. The maximum atomic E-state index is 12.8. The first-order valence-electron chi connectivity index (χ1n) is 14.5. The molecule has 0 amide bonds. The van der Waals surface area contributed by atoms with Gasteiger partial charge in [0.15, 0.2) is 29.1 Å². The predicted molar refractivity (Wildman–Crippen MR) is 156 cm³/mol. The molecule has 12 nitrogen and oxygen atoms in total. The minimum Gasteiger partial charge on any atom is -0.504 e. The zero-order chi connectivity index (χ0) is 31.2. The number of aryl methyl sites for hydroxylation is 1. The Morgan fingerprint density at radius 3 is 2.61 bits per heavy atom. The number of methoxy groups -OCH3 is 1. The van der Waals surface area contributed by atoms with Gasteiger partial charge in [0.1, 0.15) is 18.4 Å². The van der Waals surface area contributed by atoms with Crippen molar-refractivity contribution >= 4 is 23.7 Å². The van der Waals surface area contributed by atoms with E-state index in [0.29, 0.717) is 51.7 Å². The van der Waals surface area contributed by atoms with Crippen LogP contribution in [-0.4, -0.2) is 89.5 Å². The van der Waals surface area contributed by atoms with E-state index < -0.39 is 47.5 Å². The molecule has 0 saturated carbocycles. The van der Waals surface area contributed by atoms with Crippen LogP contribution in [-0.2, 0) is 20.7 Å². The van der Waals surface area contributed by atoms with Crippen molar-refractivity contribution in [3.05, 3.63) is 39.4 Å². The molecule has 2 N–H and O–H groups in total. The third-order valence-electron chi connectivity index (χ3n) is 9.64. The Hall–Kier alpha value is -3.70. The molecule has 5 heterocycles. The Morgan fingerprint density at radius 2 is 1.91 bits per heavy atom. The minimum absolute atomic E-state index is 0.0158. The molecule has 7 atom stereocenters. The molecular formula is C31H33N3O9S. The highest BCUT2D eigenvalue weighted by molar-refractivity contribution is 7.99. The largest absolute Gasteiger partial charge is 0.504 e. The third kappa shape index (κ3) is 3.94. The van der Waals surface area contributed by atoms with Gasteiger partial charge in [-0.25, -0.2) is 4.79 Å². The summed E-state index contributed by atoms with van der Waals surface area (Å²) >= 11 is 1.32. The molecular weight excluding hydrogens is 590 g/mol. The van der Waals surface area contributed by atoms with Gasteiger partial charge in [0.05, 0.1) is 30.5 Å². The number of hydrogen-bond donors (Lipinski definition) is 2. The second-order valence-corrected chi connectivity index (χ2v) is 13.1. The highest BCUT2D eigenvalue weighted by Crippen LogP contribution is 2.64. The number of cyclic esters (lactones) is 1. The van der Waals surface area contributed by atoms with Crippen LogP contribution in [0.3, 0.4) is 0 Å². The number of aliphatic hydroxyl groups is 1. The molecule has 0 aliphatic carbocycles. The summed E-state index contributed by atoms with van der Waals surface area (Å²) in [6.45, 7) is 4.77. The predicted octanol–water partition coefficient (Wildman–Crippen LogP) is 2.59. The van der Waals surface area contributed by atoms with E-state index >= 15 is 0 Å². The van der Waals surface area contributed by atoms with Crippen molar-refractivity contribution in [1.29, 1.82) is 5.26 Å². The van der Waals surface area contributed by atoms with Crippen LogP contribution < -0.4 is 18.9 Å². The van der Waals surface area contributed by atoms with E-state index in [2.05, 4.69) is 15.9 Å². The first-order chi connectivity index (χ1) is 21.1. The lowest BCUT2D eigenvalue weighted by molar-refractivity contribution is -0.157. The number of nitrogens with zero attached hydrogens (tertiary/aromatic N) is 3. The van der Waals surface area contributed by atoms with E-state index in [0.717, 1.165) is 11.1 Å². The van der Waals surface area contributed by atoms with E-state index in [4.69, 9.17) is 23.7 Å². The molecule has 0 spiro atoms. The van der Waals surface area contributed by atoms with E-state index in [9.17, 15) is 25.1 Å². The lowest BCUT2D eigenvalue weighted by atomic mass is 9.71. The second-order valence-electron chi connectivity index (χ2n) is 11.9. The average Bonchev–Trinajstić information content (AvgIpc) is 3.47. The SMILES string of the molecule is COc1c(C)cc2c(c1O)[C@@H]1C3[C@@H]4SC[C@H](O)C(=O)OC[C@@H](c5c6c(c(C)c(OC(C)=O)c54)OCO6)N3[C@@H](C#N)[C@H](C2)N1C. The van der Waals surface area contributed by atoms with Crippen molar-refractivity contribution < 1.29 is 43.5 Å². The summed E-state index contributed by atoms with van der Waals surface area (Å²) in [4.78, 5) is 29.6. The second kappa shape index (κ2) is 10.4. The molecule has 0 aromatic heterocycles. The Kier molecular flexibility index (Phi) is 6.89. The van der Waals surface area contributed by atoms with Gasteiger partial charge in [-0.1, -0.05) is 6.07 Å². The number of nitriles is 1. The number of rotatable bonds is 2. The summed E-state index contributed by atoms with van der Waals surface area (Å²) in [5.41, 5.74) is 4.30. The summed E-state index contributed by atoms with van der Waals surface area (Å²) in [5.74, 6) is 0.343. The van der Waals surface area contributed by atoms with Crippen LogP contribution in [0.2, 0.25) is 0 Å². The summed E-state index contributed by atoms with van der Waals surface area (Å²) in [6.07, 6.45) is -0.887. The van der Waals surface area contributed by atoms with E-state index in [1.54, 1.807) is 6.92 Å². The molecule has 7 rings (SSSR count). The monoisotopic (exact) mass is 623 g/mol. The number of aliphatic hydroxyl groups excluding tert-OH is 1. The molecule has 2 aromatic rings. The number of benzene rings is 2. The van der Waals surface area contributed by atoms with Crippen LogP contribution in [0, 0.1) is 25.2 Å². The van der Waals surface area contributed by atoms with Gasteiger partial charge in [0.25, 0.3) is 0 Å². The van der Waals surface area contributed by atoms with Gasteiger partial charge >= 0.3 is 11.9 Å². The van der Waals surface area contributed by atoms with Crippen LogP contribution in [0.4, 0.5) is 0 Å². The Morgan fingerprint density at radius 1 is 1.16 bits per heavy atom. The molecule has 4 bridgehead atoms. The van der Waals surface area contributed by atoms with Crippen molar-refractivity contribution in [2.45, 2.75) is 68.8 Å². The molecule has 5 aliphatic rings. The summed E-state index contributed by atoms with van der Waals surface area (Å²) < 4.78 is 29.2. The molecule has 232 valence electrons. The topological polar surface area (TPSA) is 151 Å². The van der Waals surface area contributed by atoms with Gasteiger partial charge in [-0.15, -0.1) is 11.8 Å². The summed E-state index contributed by atoms with van der Waals surface area (Å²) in [5, 5.41) is 32.7. The lowest BCUT2D eigenvalue weighted by Crippen LogP contribution is -2.69. The fourth-order valence-electron chi connectivity index (χ4n) is 7.96. The van der Waals surface area contributed by atoms with Crippen molar-refractivity contribution in [2.75, 3.05) is 33.3 Å². The quantitative estimate of drug-likeness (QED) is 0.373. The summed E-state index contributed by atoms with van der Waals surface area (Å²) in [6, 6.07) is 2.00. The van der Waals surface area contributed by atoms with Gasteiger partial charge < -0.3 is 33.9 Å². The number of esters is 2. The number of phenols is 1. The maximum Gasteiger partial charge on any atom is 0.335 e. The third-order valence-corrected chi connectivity index (χ3v) is 11.0. The molecule has 2 fully saturated rings. The fourth-order valence-corrected chi connectivity index (χ4v) is 9.37. The number of piperazine rings is 1. The number of phenolic OH excluding ortho intramolecular Hbond substituents is 1. The molecule has 13 heteroatoms. The smallest absolute Gasteiger partial charge is 0.335 e. The van der Waals surface area contributed by atoms with Crippen molar-refractivity contribution in [3.63, 3.8) is 0 Å². The average molecular weight is 624 g/mol. The minimum atomic E-state index is -1.39. The lowest BCUT2D eigenvalue weighted by Gasteiger charge is -2.61. The van der Waals surface area contributed by atoms with Crippen LogP contribution >= 0.6 is 11.8 Å². The molecule has 1 unspecified atom stereocenters. The van der Waals surface area contributed by atoms with E-state index in [1.165, 1.54) is 25.8 Å². The molecule has 0 radical (unpaired) electrons. The number of carbonyl (C=O) groups excluding carboxylic acids is 2. The number of hydrogen-bond acceptors (Lipinski definition) is 13. The van der Waals surface area contributed by atoms with Crippen molar-refractivity contribution in [3.8, 4) is 34.8 Å². The number of aromatic hydroxyl groups is 1. The number of thioether (sulfide) groups is 1. The van der Waals surface area contributed by atoms with E-state index in [1.807, 2.05) is 20.0 Å². The molecule has 44 heavy (non-hydrogen) atoms. The molecule has 2 aromatic carbocycles. The molecule has 2 saturated heterocycles. The Bertz CT molecular complexity index is 1640. The van der Waals surface area contributed by atoms with Crippen LogP contribution in [0.5, 0.6) is 28.7 Å². The van der Waals surface area contributed by atoms with Gasteiger partial charge in [-0.05, 0) is 38.4 Å². The zero-order valence-electron chi connectivity index (χ0n) is 24.9. The van der Waals surface area contributed by atoms with Gasteiger partial charge in [-0.2, -0.15) is 5.26 Å². The van der Waals surface area contributed by atoms with Crippen LogP contribution in [0.15, 0.2) is 6.07 Å². The first kappa shape index (κ1) is 29.0. The standard InChI is InChI=1S/C31H33N3O9S/c1-12-6-15-7-16-17(8-32)34-18-9-40-31(38)19(36)10-44-30(24(34)23(33(16)4)20(15)25(37)26(12)39-5)22-21(18)29-28(41-11-42-29)13(2)27(22)43-14(3)35/h6,16-19,23-24,30,36-37H,7,9-11H2,1-5H3/t16-,17-,18-,19-,23+,24?,30+/m0/s1. The first-order valence-corrected chi connectivity index (χ1v) is 15.5. The van der Waals surface area contributed by atoms with Gasteiger partial charge in [0, 0.05) is 47.0 Å². The normalized spacial score (nSPS) is 30.4. The number of carbonyl (C=O) groups is 2. The van der Waals surface area contributed by atoms with Gasteiger partial charge in [0.2, 0.25) is 6.79 Å². The van der Waals surface area contributed by atoms with Gasteiger partial charge in [-0.3, -0.25) is 14.6 Å². The summed E-state index contributed by atoms with van der Waals surface area (Å²) in [7, 11) is 3.48. The number of ether oxygens (including phenoxy) is 5. The zero-order valence-corrected chi connectivity index (χ0v) is 25.8. The van der Waals surface area contributed by atoms with Crippen LogP contribution in [0.25, 0.3) is 0 Å². The highest BCUT2D eigenvalue weighted by Gasteiger charge is 2.60. The van der Waals surface area contributed by atoms with E-state index in [-0.39, 0.29) is 30.9 Å². The van der Waals surface area contributed by atoms with Crippen molar-refractivity contribution in [2.24, 2.45) is 0 Å².